The first-order valence-corrected chi connectivity index (χ1v) is 5.37. The molecular formula is C14H10F2O4. The summed E-state index contributed by atoms with van der Waals surface area (Å²) in [6.07, 6.45) is 0.398. The Morgan fingerprint density at radius 2 is 1.70 bits per heavy atom. The maximum Gasteiger partial charge on any atom is 0.338 e. The SMILES string of the molecule is O=C(O)c1ccccc1F.O=Cc1ccc(O)cc1F. The number of benzene rings is 2. The first kappa shape index (κ1) is 15.3. The molecule has 0 aromatic heterocycles. The molecule has 0 spiro atoms. The molecule has 20 heavy (non-hydrogen) atoms. The van der Waals surface area contributed by atoms with Crippen molar-refractivity contribution >= 4 is 12.3 Å². The number of phenols is 1. The number of hydrogen-bond donors (Lipinski definition) is 2. The summed E-state index contributed by atoms with van der Waals surface area (Å²) in [5.41, 5.74) is -0.333. The van der Waals surface area contributed by atoms with Crippen LogP contribution in [0.3, 0.4) is 0 Å². The fourth-order valence-electron chi connectivity index (χ4n) is 1.25. The summed E-state index contributed by atoms with van der Waals surface area (Å²) in [5.74, 6) is -2.81. The van der Waals surface area contributed by atoms with Crippen LogP contribution in [0.5, 0.6) is 5.75 Å². The van der Waals surface area contributed by atoms with E-state index in [0.29, 0.717) is 6.29 Å². The first-order valence-electron chi connectivity index (χ1n) is 5.37. The van der Waals surface area contributed by atoms with Crippen LogP contribution in [0.1, 0.15) is 20.7 Å². The molecule has 2 N–H and O–H groups in total. The zero-order chi connectivity index (χ0) is 15.1. The van der Waals surface area contributed by atoms with Crippen molar-refractivity contribution in [2.45, 2.75) is 0 Å². The minimum atomic E-state index is -1.24. The van der Waals surface area contributed by atoms with E-state index < -0.39 is 17.6 Å². The zero-order valence-corrected chi connectivity index (χ0v) is 10.1. The van der Waals surface area contributed by atoms with Crippen LogP contribution in [0, 0.1) is 11.6 Å². The number of rotatable bonds is 2. The summed E-state index contributed by atoms with van der Waals surface area (Å²) in [5, 5.41) is 17.0. The van der Waals surface area contributed by atoms with Gasteiger partial charge in [-0.1, -0.05) is 12.1 Å². The van der Waals surface area contributed by atoms with Crippen LogP contribution < -0.4 is 0 Å². The molecule has 2 aromatic carbocycles. The highest BCUT2D eigenvalue weighted by molar-refractivity contribution is 5.87. The minimum absolute atomic E-state index is 0.0437. The molecule has 0 aliphatic heterocycles. The van der Waals surface area contributed by atoms with Crippen LogP contribution in [-0.4, -0.2) is 22.5 Å². The van der Waals surface area contributed by atoms with E-state index in [0.717, 1.165) is 12.1 Å². The molecule has 0 saturated heterocycles. The lowest BCUT2D eigenvalue weighted by Gasteiger charge is -1.93. The lowest BCUT2D eigenvalue weighted by atomic mass is 10.2. The zero-order valence-electron chi connectivity index (χ0n) is 10.1. The Kier molecular flexibility index (Phi) is 5.34. The quantitative estimate of drug-likeness (QED) is 0.829. The molecule has 0 radical (unpaired) electrons. The second kappa shape index (κ2) is 6.98. The largest absolute Gasteiger partial charge is 0.508 e. The van der Waals surface area contributed by atoms with Gasteiger partial charge in [0.15, 0.2) is 6.29 Å². The number of carbonyl (C=O) groups is 2. The van der Waals surface area contributed by atoms with Gasteiger partial charge in [-0.3, -0.25) is 4.79 Å². The highest BCUT2D eigenvalue weighted by Crippen LogP contribution is 2.12. The number of carboxylic acid groups (broad SMARTS) is 1. The molecule has 0 unspecified atom stereocenters. The van der Waals surface area contributed by atoms with E-state index in [-0.39, 0.29) is 16.9 Å². The molecule has 0 amide bonds. The Hall–Kier alpha value is -2.76. The number of aromatic hydroxyl groups is 1. The maximum atomic E-state index is 12.5. The molecule has 0 aliphatic rings. The van der Waals surface area contributed by atoms with Crippen LogP contribution in [0.4, 0.5) is 8.78 Å². The lowest BCUT2D eigenvalue weighted by Crippen LogP contribution is -1.98. The number of carbonyl (C=O) groups excluding carboxylic acids is 1. The fourth-order valence-corrected chi connectivity index (χ4v) is 1.25. The molecule has 2 aromatic rings. The number of carboxylic acids is 1. The van der Waals surface area contributed by atoms with Gasteiger partial charge in [0.1, 0.15) is 17.4 Å². The van der Waals surface area contributed by atoms with Gasteiger partial charge in [-0.15, -0.1) is 0 Å². The third-order valence-corrected chi connectivity index (χ3v) is 2.22. The first-order chi connectivity index (χ1) is 9.45. The second-order valence-electron chi connectivity index (χ2n) is 3.61. The highest BCUT2D eigenvalue weighted by Gasteiger charge is 2.06. The van der Waals surface area contributed by atoms with Crippen LogP contribution in [-0.2, 0) is 0 Å². The van der Waals surface area contributed by atoms with E-state index >= 15 is 0 Å². The number of aldehydes is 1. The van der Waals surface area contributed by atoms with Crippen molar-refractivity contribution in [3.05, 3.63) is 65.2 Å². The topological polar surface area (TPSA) is 74.6 Å². The minimum Gasteiger partial charge on any atom is -0.508 e. The van der Waals surface area contributed by atoms with Crippen molar-refractivity contribution in [2.24, 2.45) is 0 Å². The Labute approximate surface area is 112 Å². The van der Waals surface area contributed by atoms with Gasteiger partial charge in [-0.2, -0.15) is 0 Å². The van der Waals surface area contributed by atoms with Gasteiger partial charge in [-0.05, 0) is 24.3 Å². The van der Waals surface area contributed by atoms with Crippen molar-refractivity contribution in [1.29, 1.82) is 0 Å². The monoisotopic (exact) mass is 280 g/mol. The fraction of sp³-hybridized carbons (Fsp3) is 0. The normalized spacial score (nSPS) is 9.30. The van der Waals surface area contributed by atoms with Gasteiger partial charge in [0, 0.05) is 6.07 Å². The van der Waals surface area contributed by atoms with Gasteiger partial charge in [-0.25, -0.2) is 13.6 Å². The predicted octanol–water partition coefficient (Wildman–Crippen LogP) is 2.87. The van der Waals surface area contributed by atoms with Crippen molar-refractivity contribution in [3.8, 4) is 5.75 Å². The number of phenolic OH excluding ortho intramolecular Hbond substituents is 1. The second-order valence-corrected chi connectivity index (χ2v) is 3.61. The van der Waals surface area contributed by atoms with Crippen molar-refractivity contribution < 1.29 is 28.6 Å². The summed E-state index contributed by atoms with van der Waals surface area (Å²) in [6.45, 7) is 0. The molecule has 0 aliphatic carbocycles. The molecule has 0 saturated carbocycles. The lowest BCUT2D eigenvalue weighted by molar-refractivity contribution is 0.0691. The van der Waals surface area contributed by atoms with Crippen molar-refractivity contribution in [1.82, 2.24) is 0 Å². The summed E-state index contributed by atoms with van der Waals surface area (Å²) >= 11 is 0. The van der Waals surface area contributed by atoms with Crippen LogP contribution in [0.15, 0.2) is 42.5 Å². The molecular weight excluding hydrogens is 270 g/mol. The summed E-state index contributed by atoms with van der Waals surface area (Å²) in [4.78, 5) is 20.2. The Balaban J connectivity index is 0.000000200. The Morgan fingerprint density at radius 1 is 1.05 bits per heavy atom. The predicted molar refractivity (Wildman–Crippen MR) is 66.8 cm³/mol. The molecule has 4 nitrogen and oxygen atoms in total. The molecule has 0 atom stereocenters. The standard InChI is InChI=1S/2C7H5FO2/c8-7-3-6(10)2-1-5(7)4-9;8-6-4-2-1-3-5(6)7(9)10/h1-4,10H;1-4H,(H,9,10). The van der Waals surface area contributed by atoms with E-state index in [1.54, 1.807) is 0 Å². The summed E-state index contributed by atoms with van der Waals surface area (Å²) in [7, 11) is 0. The van der Waals surface area contributed by atoms with Gasteiger partial charge in [0.05, 0.1) is 11.1 Å². The van der Waals surface area contributed by atoms with E-state index in [4.69, 9.17) is 10.2 Å². The van der Waals surface area contributed by atoms with Crippen LogP contribution in [0.25, 0.3) is 0 Å². The highest BCUT2D eigenvalue weighted by atomic mass is 19.1. The van der Waals surface area contributed by atoms with Gasteiger partial charge < -0.3 is 10.2 Å². The average molecular weight is 280 g/mol. The van der Waals surface area contributed by atoms with Crippen molar-refractivity contribution in [3.63, 3.8) is 0 Å². The molecule has 0 heterocycles. The number of halogens is 2. The Bertz CT molecular complexity index is 626. The molecule has 2 rings (SSSR count). The van der Waals surface area contributed by atoms with E-state index in [9.17, 15) is 18.4 Å². The third kappa shape index (κ3) is 4.16. The Morgan fingerprint density at radius 3 is 2.15 bits per heavy atom. The number of aromatic carboxylic acids is 1. The van der Waals surface area contributed by atoms with E-state index in [1.807, 2.05) is 0 Å². The van der Waals surface area contributed by atoms with Crippen molar-refractivity contribution in [2.75, 3.05) is 0 Å². The maximum absolute atomic E-state index is 12.5. The van der Waals surface area contributed by atoms with Gasteiger partial charge in [0.2, 0.25) is 0 Å². The van der Waals surface area contributed by atoms with E-state index in [2.05, 4.69) is 0 Å². The van der Waals surface area contributed by atoms with Crippen LogP contribution in [0.2, 0.25) is 0 Å². The van der Waals surface area contributed by atoms with Crippen LogP contribution >= 0.6 is 0 Å². The smallest absolute Gasteiger partial charge is 0.338 e. The average Bonchev–Trinajstić information content (AvgIpc) is 2.40. The number of hydrogen-bond acceptors (Lipinski definition) is 3. The third-order valence-electron chi connectivity index (χ3n) is 2.22. The molecule has 0 fully saturated rings. The molecule has 6 heteroatoms. The van der Waals surface area contributed by atoms with Gasteiger partial charge in [0.25, 0.3) is 0 Å². The summed E-state index contributed by atoms with van der Waals surface area (Å²) in [6, 6.07) is 8.63. The molecule has 0 bridgehead atoms. The molecule has 104 valence electrons. The van der Waals surface area contributed by atoms with E-state index in [1.165, 1.54) is 30.3 Å². The van der Waals surface area contributed by atoms with Gasteiger partial charge >= 0.3 is 5.97 Å². The summed E-state index contributed by atoms with van der Waals surface area (Å²) < 4.78 is 24.9.